The number of hydrogen-bond donors (Lipinski definition) is 1. The van der Waals surface area contributed by atoms with Gasteiger partial charge in [-0.25, -0.2) is 4.68 Å². The summed E-state index contributed by atoms with van der Waals surface area (Å²) in [6.07, 6.45) is 0. The monoisotopic (exact) mass is 337 g/mol. The normalized spacial score (nSPS) is 12.1. The molecule has 0 bridgehead atoms. The van der Waals surface area contributed by atoms with Gasteiger partial charge >= 0.3 is 0 Å². The Balaban J connectivity index is 2.41. The Kier molecular flexibility index (Phi) is 4.13. The van der Waals surface area contributed by atoms with Gasteiger partial charge in [-0.1, -0.05) is 43.6 Å². The Labute approximate surface area is 127 Å². The molecule has 1 aromatic heterocycles. The maximum absolute atomic E-state index is 5.86. The highest BCUT2D eigenvalue weighted by atomic mass is 79.9. The van der Waals surface area contributed by atoms with E-state index in [0.717, 1.165) is 22.4 Å². The topological polar surface area (TPSA) is 69.6 Å². The van der Waals surface area contributed by atoms with Crippen molar-refractivity contribution in [2.45, 2.75) is 34.2 Å². The lowest BCUT2D eigenvalue weighted by atomic mass is 9.81. The highest BCUT2D eigenvalue weighted by Crippen LogP contribution is 2.32. The van der Waals surface area contributed by atoms with Crippen molar-refractivity contribution in [3.8, 4) is 11.4 Å². The van der Waals surface area contributed by atoms with E-state index in [4.69, 9.17) is 5.73 Å². The number of anilines is 1. The van der Waals surface area contributed by atoms with Crippen molar-refractivity contribution in [2.24, 2.45) is 11.3 Å². The summed E-state index contributed by atoms with van der Waals surface area (Å²) in [5.41, 5.74) is 7.58. The predicted molar refractivity (Wildman–Crippen MR) is 84.0 cm³/mol. The molecule has 0 spiro atoms. The van der Waals surface area contributed by atoms with Crippen LogP contribution in [0, 0.1) is 11.3 Å². The second-order valence-corrected chi connectivity index (χ2v) is 6.90. The van der Waals surface area contributed by atoms with Gasteiger partial charge in [-0.3, -0.25) is 0 Å². The summed E-state index contributed by atoms with van der Waals surface area (Å²) in [4.78, 5) is 0. The molecule has 0 saturated carbocycles. The first-order chi connectivity index (χ1) is 9.31. The Hall–Kier alpha value is -1.43. The van der Waals surface area contributed by atoms with Crippen LogP contribution in [-0.2, 0) is 6.54 Å². The molecule has 108 valence electrons. The summed E-state index contributed by atoms with van der Waals surface area (Å²) < 4.78 is 2.78. The summed E-state index contributed by atoms with van der Waals surface area (Å²) in [6.45, 7) is 9.62. The van der Waals surface area contributed by atoms with Crippen LogP contribution < -0.4 is 5.73 Å². The van der Waals surface area contributed by atoms with E-state index in [1.54, 1.807) is 0 Å². The van der Waals surface area contributed by atoms with Crippen molar-refractivity contribution in [1.82, 2.24) is 20.2 Å². The van der Waals surface area contributed by atoms with Crippen molar-refractivity contribution in [1.29, 1.82) is 0 Å². The largest absolute Gasteiger partial charge is 0.399 e. The number of rotatable bonds is 4. The van der Waals surface area contributed by atoms with Crippen molar-refractivity contribution in [2.75, 3.05) is 5.73 Å². The van der Waals surface area contributed by atoms with Gasteiger partial charge < -0.3 is 5.73 Å². The van der Waals surface area contributed by atoms with Gasteiger partial charge in [0.05, 0.1) is 6.54 Å². The number of nitrogens with zero attached hydrogens (tertiary/aromatic N) is 4. The maximum Gasteiger partial charge on any atom is 0.183 e. The Morgan fingerprint density at radius 1 is 1.35 bits per heavy atom. The standard InChI is InChI=1S/C14H20BrN5/c1-9(2)14(3,4)8-20-13(17-18-19-20)11-7-10(16)5-6-12(11)15/h5-7,9H,8,16H2,1-4H3. The summed E-state index contributed by atoms with van der Waals surface area (Å²) in [5, 5.41) is 12.1. The van der Waals surface area contributed by atoms with Gasteiger partial charge in [-0.15, -0.1) is 5.10 Å². The number of hydrogen-bond acceptors (Lipinski definition) is 4. The molecule has 2 N–H and O–H groups in total. The van der Waals surface area contributed by atoms with Crippen LogP contribution in [0.3, 0.4) is 0 Å². The van der Waals surface area contributed by atoms with E-state index in [1.807, 2.05) is 22.9 Å². The van der Waals surface area contributed by atoms with Crippen LogP contribution in [0.25, 0.3) is 11.4 Å². The average molecular weight is 338 g/mol. The van der Waals surface area contributed by atoms with Crippen molar-refractivity contribution < 1.29 is 0 Å². The smallest absolute Gasteiger partial charge is 0.183 e. The average Bonchev–Trinajstić information content (AvgIpc) is 2.79. The molecule has 0 amide bonds. The zero-order valence-corrected chi connectivity index (χ0v) is 13.8. The molecule has 6 heteroatoms. The third-order valence-corrected chi connectivity index (χ3v) is 4.57. The first-order valence-electron chi connectivity index (χ1n) is 6.63. The molecule has 0 fully saturated rings. The second-order valence-electron chi connectivity index (χ2n) is 6.04. The molecule has 1 aromatic carbocycles. The molecular weight excluding hydrogens is 318 g/mol. The number of benzene rings is 1. The minimum atomic E-state index is 0.108. The third-order valence-electron chi connectivity index (χ3n) is 3.88. The van der Waals surface area contributed by atoms with Gasteiger partial charge in [-0.05, 0) is 40.0 Å². The Bertz CT molecular complexity index is 603. The lowest BCUT2D eigenvalue weighted by molar-refractivity contribution is 0.200. The van der Waals surface area contributed by atoms with E-state index >= 15 is 0 Å². The zero-order chi connectivity index (χ0) is 14.9. The van der Waals surface area contributed by atoms with E-state index in [1.165, 1.54) is 0 Å². The highest BCUT2D eigenvalue weighted by molar-refractivity contribution is 9.10. The molecule has 20 heavy (non-hydrogen) atoms. The van der Waals surface area contributed by atoms with E-state index in [9.17, 15) is 0 Å². The second kappa shape index (κ2) is 5.52. The molecule has 0 radical (unpaired) electrons. The van der Waals surface area contributed by atoms with Gasteiger partial charge in [-0.2, -0.15) is 0 Å². The van der Waals surface area contributed by atoms with Crippen LogP contribution in [0.4, 0.5) is 5.69 Å². The van der Waals surface area contributed by atoms with Crippen molar-refractivity contribution in [3.63, 3.8) is 0 Å². The molecule has 0 atom stereocenters. The van der Waals surface area contributed by atoms with E-state index in [2.05, 4.69) is 59.2 Å². The van der Waals surface area contributed by atoms with Crippen LogP contribution in [0.15, 0.2) is 22.7 Å². The zero-order valence-electron chi connectivity index (χ0n) is 12.3. The third kappa shape index (κ3) is 3.00. The first kappa shape index (κ1) is 15.0. The molecule has 0 unspecified atom stereocenters. The molecule has 0 aliphatic rings. The van der Waals surface area contributed by atoms with E-state index in [0.29, 0.717) is 11.6 Å². The van der Waals surface area contributed by atoms with Crippen LogP contribution in [0.5, 0.6) is 0 Å². The van der Waals surface area contributed by atoms with Crippen LogP contribution in [-0.4, -0.2) is 20.2 Å². The van der Waals surface area contributed by atoms with Crippen LogP contribution >= 0.6 is 15.9 Å². The molecule has 0 aliphatic heterocycles. The maximum atomic E-state index is 5.86. The number of tetrazole rings is 1. The fraction of sp³-hybridized carbons (Fsp3) is 0.500. The minimum Gasteiger partial charge on any atom is -0.399 e. The Morgan fingerprint density at radius 2 is 2.05 bits per heavy atom. The van der Waals surface area contributed by atoms with Gasteiger partial charge in [0.1, 0.15) is 0 Å². The van der Waals surface area contributed by atoms with Gasteiger partial charge in [0.15, 0.2) is 5.82 Å². The summed E-state index contributed by atoms with van der Waals surface area (Å²) in [7, 11) is 0. The van der Waals surface area contributed by atoms with Crippen LogP contribution in [0.1, 0.15) is 27.7 Å². The highest BCUT2D eigenvalue weighted by Gasteiger charge is 2.25. The van der Waals surface area contributed by atoms with E-state index in [-0.39, 0.29) is 5.41 Å². The number of aromatic nitrogens is 4. The lowest BCUT2D eigenvalue weighted by Gasteiger charge is -2.29. The first-order valence-corrected chi connectivity index (χ1v) is 7.42. The fourth-order valence-electron chi connectivity index (χ4n) is 1.79. The number of nitrogens with two attached hydrogens (primary N) is 1. The number of nitrogen functional groups attached to an aromatic ring is 1. The number of halogens is 1. The molecular formula is C14H20BrN5. The van der Waals surface area contributed by atoms with Crippen LogP contribution in [0.2, 0.25) is 0 Å². The molecule has 5 nitrogen and oxygen atoms in total. The van der Waals surface area contributed by atoms with E-state index < -0.39 is 0 Å². The van der Waals surface area contributed by atoms with Crippen molar-refractivity contribution in [3.05, 3.63) is 22.7 Å². The molecule has 2 aromatic rings. The molecule has 1 heterocycles. The molecule has 2 rings (SSSR count). The van der Waals surface area contributed by atoms with Crippen molar-refractivity contribution >= 4 is 21.6 Å². The van der Waals surface area contributed by atoms with Gasteiger partial charge in [0, 0.05) is 15.7 Å². The quantitative estimate of drug-likeness (QED) is 0.868. The van der Waals surface area contributed by atoms with Gasteiger partial charge in [0.25, 0.3) is 0 Å². The minimum absolute atomic E-state index is 0.108. The summed E-state index contributed by atoms with van der Waals surface area (Å²) in [6, 6.07) is 5.64. The summed E-state index contributed by atoms with van der Waals surface area (Å²) >= 11 is 3.53. The Morgan fingerprint density at radius 3 is 2.70 bits per heavy atom. The molecule has 0 saturated heterocycles. The predicted octanol–water partition coefficient (Wildman–Crippen LogP) is 3.37. The SMILES string of the molecule is CC(C)C(C)(C)Cn1nnnc1-c1cc(N)ccc1Br. The lowest BCUT2D eigenvalue weighted by Crippen LogP contribution is -2.26. The molecule has 0 aliphatic carbocycles. The fourth-order valence-corrected chi connectivity index (χ4v) is 2.21. The van der Waals surface area contributed by atoms with Gasteiger partial charge in [0.2, 0.25) is 0 Å². The summed E-state index contributed by atoms with van der Waals surface area (Å²) in [5.74, 6) is 1.27.